The van der Waals surface area contributed by atoms with Crippen LogP contribution in [0.5, 0.6) is 0 Å². The second-order valence-electron chi connectivity index (χ2n) is 4.89. The van der Waals surface area contributed by atoms with Gasteiger partial charge in [-0.2, -0.15) is 4.31 Å². The lowest BCUT2D eigenvalue weighted by Gasteiger charge is -2.37. The van der Waals surface area contributed by atoms with Crippen LogP contribution in [0.4, 0.5) is 0 Å². The van der Waals surface area contributed by atoms with E-state index in [-0.39, 0.29) is 12.1 Å². The minimum absolute atomic E-state index is 0.0749. The van der Waals surface area contributed by atoms with Crippen molar-refractivity contribution in [2.75, 3.05) is 0 Å². The summed E-state index contributed by atoms with van der Waals surface area (Å²) in [5, 5.41) is 0. The van der Waals surface area contributed by atoms with Crippen LogP contribution in [0.1, 0.15) is 33.1 Å². The molecule has 0 N–H and O–H groups in total. The van der Waals surface area contributed by atoms with E-state index in [1.54, 1.807) is 22.5 Å². The summed E-state index contributed by atoms with van der Waals surface area (Å²) in [6.45, 7) is 3.98. The van der Waals surface area contributed by atoms with Gasteiger partial charge in [0.1, 0.15) is 0 Å². The average Bonchev–Trinajstić information content (AvgIpc) is 2.28. The third-order valence-corrected chi connectivity index (χ3v) is 6.65. The van der Waals surface area contributed by atoms with Crippen LogP contribution < -0.4 is 0 Å². The lowest BCUT2D eigenvalue weighted by atomic mass is 10.0. The van der Waals surface area contributed by atoms with Gasteiger partial charge in [-0.15, -0.1) is 0 Å². The van der Waals surface area contributed by atoms with E-state index in [1.165, 1.54) is 0 Å². The minimum atomic E-state index is -3.40. The Balaban J connectivity index is 2.45. The van der Waals surface area contributed by atoms with Crippen molar-refractivity contribution in [1.82, 2.24) is 4.31 Å². The fourth-order valence-electron chi connectivity index (χ4n) is 2.64. The molecular formula is C13H18BrNO2S. The number of piperidine rings is 1. The van der Waals surface area contributed by atoms with Gasteiger partial charge in [0.05, 0.1) is 4.90 Å². The van der Waals surface area contributed by atoms with Crippen molar-refractivity contribution < 1.29 is 8.42 Å². The largest absolute Gasteiger partial charge is 0.244 e. The lowest BCUT2D eigenvalue weighted by Crippen LogP contribution is -2.47. The van der Waals surface area contributed by atoms with Gasteiger partial charge in [0.15, 0.2) is 0 Å². The molecule has 1 aliphatic heterocycles. The van der Waals surface area contributed by atoms with Crippen LogP contribution in [0.25, 0.3) is 0 Å². The van der Waals surface area contributed by atoms with E-state index in [0.29, 0.717) is 9.37 Å². The van der Waals surface area contributed by atoms with Gasteiger partial charge < -0.3 is 0 Å². The third-order valence-electron chi connectivity index (χ3n) is 3.50. The van der Waals surface area contributed by atoms with Crippen LogP contribution in [0.2, 0.25) is 0 Å². The van der Waals surface area contributed by atoms with Gasteiger partial charge in [-0.1, -0.05) is 18.6 Å². The average molecular weight is 332 g/mol. The zero-order valence-electron chi connectivity index (χ0n) is 10.6. The molecule has 2 rings (SSSR count). The molecule has 1 fully saturated rings. The molecule has 5 heteroatoms. The molecule has 0 saturated carbocycles. The van der Waals surface area contributed by atoms with Crippen molar-refractivity contribution >= 4 is 26.0 Å². The van der Waals surface area contributed by atoms with Gasteiger partial charge >= 0.3 is 0 Å². The zero-order chi connectivity index (χ0) is 13.3. The van der Waals surface area contributed by atoms with E-state index in [2.05, 4.69) is 15.9 Å². The Morgan fingerprint density at radius 1 is 1.17 bits per heavy atom. The molecule has 0 amide bonds. The number of benzene rings is 1. The maximum Gasteiger partial charge on any atom is 0.244 e. The van der Waals surface area contributed by atoms with Gasteiger partial charge in [0.2, 0.25) is 10.0 Å². The second-order valence-corrected chi connectivity index (χ2v) is 7.56. The first-order chi connectivity index (χ1) is 8.44. The van der Waals surface area contributed by atoms with Gasteiger partial charge in [0, 0.05) is 16.6 Å². The highest BCUT2D eigenvalue weighted by molar-refractivity contribution is 9.10. The van der Waals surface area contributed by atoms with E-state index in [0.717, 1.165) is 19.3 Å². The van der Waals surface area contributed by atoms with E-state index in [1.807, 2.05) is 19.9 Å². The normalized spacial score (nSPS) is 26.2. The number of rotatable bonds is 2. The SMILES string of the molecule is CC1CCCC(C)N1S(=O)(=O)c1ccccc1Br. The highest BCUT2D eigenvalue weighted by atomic mass is 79.9. The van der Waals surface area contributed by atoms with Crippen LogP contribution in [0.15, 0.2) is 33.6 Å². The molecule has 0 radical (unpaired) electrons. The molecular weight excluding hydrogens is 314 g/mol. The molecule has 0 bridgehead atoms. The van der Waals surface area contributed by atoms with Gasteiger partial charge in [-0.3, -0.25) is 0 Å². The summed E-state index contributed by atoms with van der Waals surface area (Å²) in [5.41, 5.74) is 0. The number of hydrogen-bond donors (Lipinski definition) is 0. The smallest absolute Gasteiger partial charge is 0.207 e. The molecule has 100 valence electrons. The van der Waals surface area contributed by atoms with Crippen LogP contribution in [0, 0.1) is 0 Å². The van der Waals surface area contributed by atoms with Gasteiger partial charge in [-0.25, -0.2) is 8.42 Å². The highest BCUT2D eigenvalue weighted by Gasteiger charge is 2.36. The summed E-state index contributed by atoms with van der Waals surface area (Å²) < 4.78 is 27.7. The summed E-state index contributed by atoms with van der Waals surface area (Å²) in [6, 6.07) is 7.17. The summed E-state index contributed by atoms with van der Waals surface area (Å²) in [4.78, 5) is 0.366. The minimum Gasteiger partial charge on any atom is -0.207 e. The maximum atomic E-state index is 12.7. The molecule has 1 aliphatic rings. The predicted molar refractivity (Wildman–Crippen MR) is 75.9 cm³/mol. The number of hydrogen-bond acceptors (Lipinski definition) is 2. The van der Waals surface area contributed by atoms with E-state index >= 15 is 0 Å². The third kappa shape index (κ3) is 2.49. The Labute approximate surface area is 117 Å². The van der Waals surface area contributed by atoms with Crippen LogP contribution >= 0.6 is 15.9 Å². The molecule has 1 saturated heterocycles. The Bertz CT molecular complexity index is 520. The molecule has 0 spiro atoms. The molecule has 2 unspecified atom stereocenters. The number of nitrogens with zero attached hydrogens (tertiary/aromatic N) is 1. The summed E-state index contributed by atoms with van der Waals surface area (Å²) in [7, 11) is -3.40. The molecule has 18 heavy (non-hydrogen) atoms. The topological polar surface area (TPSA) is 37.4 Å². The molecule has 3 nitrogen and oxygen atoms in total. The standard InChI is InChI=1S/C13H18BrNO2S/c1-10-6-5-7-11(2)15(10)18(16,17)13-9-4-3-8-12(13)14/h3-4,8-11H,5-7H2,1-2H3. The van der Waals surface area contributed by atoms with Gasteiger partial charge in [0.25, 0.3) is 0 Å². The fraction of sp³-hybridized carbons (Fsp3) is 0.538. The molecule has 0 aromatic heterocycles. The first kappa shape index (κ1) is 14.0. The fourth-order valence-corrected chi connectivity index (χ4v) is 5.49. The Morgan fingerprint density at radius 3 is 2.28 bits per heavy atom. The first-order valence-corrected chi connectivity index (χ1v) is 8.46. The van der Waals surface area contributed by atoms with Gasteiger partial charge in [-0.05, 0) is 54.8 Å². The van der Waals surface area contributed by atoms with Crippen LogP contribution in [0.3, 0.4) is 0 Å². The lowest BCUT2D eigenvalue weighted by molar-refractivity contribution is 0.204. The number of halogens is 1. The second kappa shape index (κ2) is 5.31. The summed E-state index contributed by atoms with van der Waals surface area (Å²) in [5.74, 6) is 0. The predicted octanol–water partition coefficient (Wildman–Crippen LogP) is 3.40. The maximum absolute atomic E-state index is 12.7. The Kier molecular flexibility index (Phi) is 4.14. The monoisotopic (exact) mass is 331 g/mol. The molecule has 2 atom stereocenters. The van der Waals surface area contributed by atoms with Crippen molar-refractivity contribution in [3.05, 3.63) is 28.7 Å². The molecule has 0 aliphatic carbocycles. The molecule has 1 aromatic carbocycles. The quantitative estimate of drug-likeness (QED) is 0.832. The van der Waals surface area contributed by atoms with Crippen molar-refractivity contribution in [1.29, 1.82) is 0 Å². The number of sulfonamides is 1. The Morgan fingerprint density at radius 2 is 1.72 bits per heavy atom. The van der Waals surface area contributed by atoms with Crippen LogP contribution in [-0.4, -0.2) is 24.8 Å². The zero-order valence-corrected chi connectivity index (χ0v) is 13.0. The van der Waals surface area contributed by atoms with E-state index < -0.39 is 10.0 Å². The Hall–Kier alpha value is -0.390. The summed E-state index contributed by atoms with van der Waals surface area (Å²) >= 11 is 3.33. The van der Waals surface area contributed by atoms with Crippen molar-refractivity contribution in [3.8, 4) is 0 Å². The van der Waals surface area contributed by atoms with Crippen molar-refractivity contribution in [2.24, 2.45) is 0 Å². The first-order valence-electron chi connectivity index (χ1n) is 6.22. The molecule has 1 aromatic rings. The molecule has 1 heterocycles. The van der Waals surface area contributed by atoms with Crippen molar-refractivity contribution in [2.45, 2.75) is 50.1 Å². The van der Waals surface area contributed by atoms with Crippen LogP contribution in [-0.2, 0) is 10.0 Å². The van der Waals surface area contributed by atoms with Crippen molar-refractivity contribution in [3.63, 3.8) is 0 Å². The highest BCUT2D eigenvalue weighted by Crippen LogP contribution is 2.32. The van der Waals surface area contributed by atoms with E-state index in [4.69, 9.17) is 0 Å². The van der Waals surface area contributed by atoms with E-state index in [9.17, 15) is 8.42 Å². The summed E-state index contributed by atoms with van der Waals surface area (Å²) in [6.07, 6.45) is 2.98.